The first kappa shape index (κ1) is 15.6. The molecule has 2 heterocycles. The molecule has 0 aliphatic carbocycles. The maximum atomic E-state index is 12.2. The van der Waals surface area contributed by atoms with Gasteiger partial charge in [0.2, 0.25) is 5.91 Å². The van der Waals surface area contributed by atoms with Crippen molar-refractivity contribution in [3.05, 3.63) is 77.1 Å². The Labute approximate surface area is 138 Å². The molecule has 120 valence electrons. The summed E-state index contributed by atoms with van der Waals surface area (Å²) in [5.41, 5.74) is 2.90. The molecule has 0 unspecified atom stereocenters. The Morgan fingerprint density at radius 3 is 2.67 bits per heavy atom. The van der Waals surface area contributed by atoms with Crippen LogP contribution in [0, 0.1) is 6.92 Å². The smallest absolute Gasteiger partial charge is 0.254 e. The Hall–Kier alpha value is -3.28. The Kier molecular flexibility index (Phi) is 4.47. The Bertz CT molecular complexity index is 902. The summed E-state index contributed by atoms with van der Waals surface area (Å²) in [7, 11) is 0. The molecule has 1 N–H and O–H groups in total. The van der Waals surface area contributed by atoms with Crippen LogP contribution in [0.2, 0.25) is 0 Å². The number of aryl methyl sites for hydroxylation is 1. The molecular formula is C18H16N4O2. The van der Waals surface area contributed by atoms with Gasteiger partial charge in [-0.25, -0.2) is 4.98 Å². The maximum absolute atomic E-state index is 12.2. The van der Waals surface area contributed by atoms with Crippen molar-refractivity contribution in [2.24, 2.45) is 0 Å². The standard InChI is InChI=1S/C18H16N4O2/c1-13-4-6-14(7-5-13)16-9-18(24)22(12-20-16)11-17(23)21-15-3-2-8-19-10-15/h2-10,12H,11H2,1H3,(H,21,23). The van der Waals surface area contributed by atoms with Crippen molar-refractivity contribution in [1.29, 1.82) is 0 Å². The summed E-state index contributed by atoms with van der Waals surface area (Å²) in [6.07, 6.45) is 4.55. The number of nitrogens with one attached hydrogen (secondary N) is 1. The van der Waals surface area contributed by atoms with Gasteiger partial charge in [-0.15, -0.1) is 0 Å². The molecule has 0 atom stereocenters. The zero-order valence-electron chi connectivity index (χ0n) is 13.1. The van der Waals surface area contributed by atoms with Gasteiger partial charge in [0.15, 0.2) is 0 Å². The molecule has 0 fully saturated rings. The first-order valence-electron chi connectivity index (χ1n) is 7.45. The molecule has 3 rings (SSSR count). The fraction of sp³-hybridized carbons (Fsp3) is 0.111. The van der Waals surface area contributed by atoms with Crippen molar-refractivity contribution >= 4 is 11.6 Å². The lowest BCUT2D eigenvalue weighted by Crippen LogP contribution is -2.27. The molecular weight excluding hydrogens is 304 g/mol. The van der Waals surface area contributed by atoms with E-state index in [9.17, 15) is 9.59 Å². The van der Waals surface area contributed by atoms with Gasteiger partial charge in [-0.05, 0) is 19.1 Å². The van der Waals surface area contributed by atoms with E-state index in [2.05, 4.69) is 15.3 Å². The highest BCUT2D eigenvalue weighted by atomic mass is 16.2. The lowest BCUT2D eigenvalue weighted by molar-refractivity contribution is -0.116. The van der Waals surface area contributed by atoms with E-state index in [-0.39, 0.29) is 18.0 Å². The highest BCUT2D eigenvalue weighted by Gasteiger charge is 2.07. The van der Waals surface area contributed by atoms with Crippen LogP contribution in [0.5, 0.6) is 0 Å². The molecule has 24 heavy (non-hydrogen) atoms. The van der Waals surface area contributed by atoms with E-state index in [1.165, 1.54) is 17.0 Å². The summed E-state index contributed by atoms with van der Waals surface area (Å²) in [4.78, 5) is 32.4. The lowest BCUT2D eigenvalue weighted by Gasteiger charge is -2.08. The highest BCUT2D eigenvalue weighted by Crippen LogP contribution is 2.15. The van der Waals surface area contributed by atoms with Crippen molar-refractivity contribution < 1.29 is 4.79 Å². The number of aromatic nitrogens is 3. The van der Waals surface area contributed by atoms with E-state index in [4.69, 9.17) is 0 Å². The van der Waals surface area contributed by atoms with E-state index in [0.717, 1.165) is 11.1 Å². The number of carbonyl (C=O) groups is 1. The number of benzene rings is 1. The Morgan fingerprint density at radius 2 is 2.00 bits per heavy atom. The van der Waals surface area contributed by atoms with Crippen molar-refractivity contribution in [3.8, 4) is 11.3 Å². The zero-order chi connectivity index (χ0) is 16.9. The monoisotopic (exact) mass is 320 g/mol. The molecule has 1 aromatic carbocycles. The third-order valence-electron chi connectivity index (χ3n) is 3.49. The van der Waals surface area contributed by atoms with Gasteiger partial charge < -0.3 is 5.32 Å². The van der Waals surface area contributed by atoms with Gasteiger partial charge >= 0.3 is 0 Å². The van der Waals surface area contributed by atoms with Crippen LogP contribution in [0.4, 0.5) is 5.69 Å². The number of nitrogens with zero attached hydrogens (tertiary/aromatic N) is 3. The van der Waals surface area contributed by atoms with E-state index in [1.54, 1.807) is 24.5 Å². The molecule has 3 aromatic rings. The van der Waals surface area contributed by atoms with Crippen LogP contribution in [-0.2, 0) is 11.3 Å². The zero-order valence-corrected chi connectivity index (χ0v) is 13.1. The predicted octanol–water partition coefficient (Wildman–Crippen LogP) is 2.25. The summed E-state index contributed by atoms with van der Waals surface area (Å²) >= 11 is 0. The van der Waals surface area contributed by atoms with Crippen LogP contribution < -0.4 is 10.9 Å². The number of hydrogen-bond acceptors (Lipinski definition) is 4. The third-order valence-corrected chi connectivity index (χ3v) is 3.49. The largest absolute Gasteiger partial charge is 0.323 e. The third kappa shape index (κ3) is 3.73. The molecule has 0 bridgehead atoms. The molecule has 0 spiro atoms. The number of hydrogen-bond donors (Lipinski definition) is 1. The number of pyridine rings is 1. The fourth-order valence-corrected chi connectivity index (χ4v) is 2.22. The first-order valence-corrected chi connectivity index (χ1v) is 7.45. The number of carbonyl (C=O) groups excluding carboxylic acids is 1. The maximum Gasteiger partial charge on any atom is 0.254 e. The summed E-state index contributed by atoms with van der Waals surface area (Å²) in [6.45, 7) is 1.89. The van der Waals surface area contributed by atoms with Crippen LogP contribution in [0.3, 0.4) is 0 Å². The molecule has 1 amide bonds. The normalized spacial score (nSPS) is 10.4. The quantitative estimate of drug-likeness (QED) is 0.800. The Morgan fingerprint density at radius 1 is 1.21 bits per heavy atom. The molecule has 0 saturated carbocycles. The van der Waals surface area contributed by atoms with Gasteiger partial charge in [-0.1, -0.05) is 29.8 Å². The van der Waals surface area contributed by atoms with E-state index >= 15 is 0 Å². The minimum Gasteiger partial charge on any atom is -0.323 e. The fourth-order valence-electron chi connectivity index (χ4n) is 2.22. The van der Waals surface area contributed by atoms with E-state index in [1.807, 2.05) is 31.2 Å². The van der Waals surface area contributed by atoms with Gasteiger partial charge in [0.25, 0.3) is 5.56 Å². The molecule has 6 nitrogen and oxygen atoms in total. The van der Waals surface area contributed by atoms with Crippen molar-refractivity contribution in [1.82, 2.24) is 14.5 Å². The van der Waals surface area contributed by atoms with Gasteiger partial charge in [0.1, 0.15) is 6.54 Å². The summed E-state index contributed by atoms with van der Waals surface area (Å²) in [6, 6.07) is 12.6. The topological polar surface area (TPSA) is 76.9 Å². The van der Waals surface area contributed by atoms with Crippen LogP contribution in [0.25, 0.3) is 11.3 Å². The molecule has 0 aliphatic heterocycles. The first-order chi connectivity index (χ1) is 11.6. The summed E-state index contributed by atoms with van der Waals surface area (Å²) < 4.78 is 1.27. The van der Waals surface area contributed by atoms with Gasteiger partial charge in [-0.3, -0.25) is 19.1 Å². The van der Waals surface area contributed by atoms with E-state index < -0.39 is 0 Å². The lowest BCUT2D eigenvalue weighted by atomic mass is 10.1. The molecule has 0 aliphatic rings. The van der Waals surface area contributed by atoms with Crippen LogP contribution in [0.1, 0.15) is 5.56 Å². The second kappa shape index (κ2) is 6.87. The van der Waals surface area contributed by atoms with Crippen molar-refractivity contribution in [3.63, 3.8) is 0 Å². The number of rotatable bonds is 4. The van der Waals surface area contributed by atoms with Gasteiger partial charge in [-0.2, -0.15) is 0 Å². The molecule has 0 saturated heterocycles. The van der Waals surface area contributed by atoms with E-state index in [0.29, 0.717) is 11.4 Å². The number of anilines is 1. The predicted molar refractivity (Wildman–Crippen MR) is 91.5 cm³/mol. The minimum atomic E-state index is -0.310. The van der Waals surface area contributed by atoms with Crippen molar-refractivity contribution in [2.75, 3.05) is 5.32 Å². The van der Waals surface area contributed by atoms with Crippen LogP contribution in [-0.4, -0.2) is 20.4 Å². The molecule has 0 radical (unpaired) electrons. The molecule has 2 aromatic heterocycles. The highest BCUT2D eigenvalue weighted by molar-refractivity contribution is 5.90. The average Bonchev–Trinajstić information content (AvgIpc) is 2.58. The van der Waals surface area contributed by atoms with Gasteiger partial charge in [0.05, 0.1) is 23.9 Å². The average molecular weight is 320 g/mol. The van der Waals surface area contributed by atoms with Crippen molar-refractivity contribution in [2.45, 2.75) is 13.5 Å². The second-order valence-corrected chi connectivity index (χ2v) is 5.40. The van der Waals surface area contributed by atoms with Crippen LogP contribution >= 0.6 is 0 Å². The summed E-state index contributed by atoms with van der Waals surface area (Å²) in [5, 5.41) is 2.68. The minimum absolute atomic E-state index is 0.102. The number of amides is 1. The Balaban J connectivity index is 1.74. The van der Waals surface area contributed by atoms with Gasteiger partial charge in [0, 0.05) is 17.8 Å². The van der Waals surface area contributed by atoms with Crippen LogP contribution in [0.15, 0.2) is 66.0 Å². The SMILES string of the molecule is Cc1ccc(-c2cc(=O)n(CC(=O)Nc3cccnc3)cn2)cc1. The molecule has 6 heteroatoms. The summed E-state index contributed by atoms with van der Waals surface area (Å²) in [5.74, 6) is -0.310. The second-order valence-electron chi connectivity index (χ2n) is 5.40.